The Kier molecular flexibility index (Phi) is 3.44. The number of rotatable bonds is 6. The molecule has 17 heavy (non-hydrogen) atoms. The maximum atomic E-state index is 5.74. The van der Waals surface area contributed by atoms with E-state index >= 15 is 0 Å². The van der Waals surface area contributed by atoms with Gasteiger partial charge in [0, 0.05) is 0 Å². The first-order chi connectivity index (χ1) is 8.38. The van der Waals surface area contributed by atoms with Gasteiger partial charge in [-0.25, -0.2) is 0 Å². The highest BCUT2D eigenvalue weighted by molar-refractivity contribution is 4.96. The lowest BCUT2D eigenvalue weighted by Crippen LogP contribution is -2.34. The zero-order valence-corrected chi connectivity index (χ0v) is 9.75. The van der Waals surface area contributed by atoms with Crippen LogP contribution in [0.5, 0.6) is 0 Å². The molecule has 0 saturated carbocycles. The molecular formula is C12H18O5. The van der Waals surface area contributed by atoms with Gasteiger partial charge in [0.1, 0.15) is 30.5 Å². The van der Waals surface area contributed by atoms with Crippen LogP contribution in [0.1, 0.15) is 0 Å². The van der Waals surface area contributed by atoms with Crippen LogP contribution in [0.3, 0.4) is 0 Å². The Hall–Kier alpha value is -0.460. The summed E-state index contributed by atoms with van der Waals surface area (Å²) in [6, 6.07) is 0. The number of fused-ring (bicyclic) bond motifs is 1. The van der Waals surface area contributed by atoms with Crippen molar-refractivity contribution in [3.8, 4) is 0 Å². The highest BCUT2D eigenvalue weighted by Gasteiger charge is 2.49. The van der Waals surface area contributed by atoms with Gasteiger partial charge >= 0.3 is 0 Å². The predicted molar refractivity (Wildman–Crippen MR) is 58.9 cm³/mol. The van der Waals surface area contributed by atoms with E-state index in [2.05, 4.69) is 6.58 Å². The van der Waals surface area contributed by atoms with Crippen LogP contribution in [0.15, 0.2) is 12.7 Å². The quantitative estimate of drug-likeness (QED) is 0.490. The van der Waals surface area contributed by atoms with Crippen LogP contribution in [0.25, 0.3) is 0 Å². The first-order valence-corrected chi connectivity index (χ1v) is 6.07. The van der Waals surface area contributed by atoms with Crippen molar-refractivity contribution < 1.29 is 23.7 Å². The van der Waals surface area contributed by atoms with Gasteiger partial charge in [-0.1, -0.05) is 6.08 Å². The van der Waals surface area contributed by atoms with Gasteiger partial charge in [0.15, 0.2) is 0 Å². The molecule has 3 saturated heterocycles. The fraction of sp³-hybridized carbons (Fsp3) is 0.833. The molecule has 5 atom stereocenters. The van der Waals surface area contributed by atoms with Gasteiger partial charge in [-0.2, -0.15) is 0 Å². The molecule has 0 bridgehead atoms. The third kappa shape index (κ3) is 2.53. The van der Waals surface area contributed by atoms with E-state index in [1.54, 1.807) is 6.08 Å². The van der Waals surface area contributed by atoms with Crippen LogP contribution in [0.4, 0.5) is 0 Å². The monoisotopic (exact) mass is 242 g/mol. The van der Waals surface area contributed by atoms with Crippen molar-refractivity contribution in [2.75, 3.05) is 33.0 Å². The first-order valence-electron chi connectivity index (χ1n) is 6.07. The van der Waals surface area contributed by atoms with Gasteiger partial charge in [0.2, 0.25) is 0 Å². The topological polar surface area (TPSA) is 49.5 Å². The van der Waals surface area contributed by atoms with Crippen molar-refractivity contribution in [1.82, 2.24) is 0 Å². The molecule has 3 aliphatic rings. The maximum Gasteiger partial charge on any atom is 0.115 e. The van der Waals surface area contributed by atoms with E-state index in [1.807, 2.05) is 0 Å². The normalized spacial score (nSPS) is 43.6. The average molecular weight is 242 g/mol. The lowest BCUT2D eigenvalue weighted by atomic mass is 10.1. The van der Waals surface area contributed by atoms with E-state index < -0.39 is 0 Å². The molecule has 0 spiro atoms. The fourth-order valence-corrected chi connectivity index (χ4v) is 2.30. The third-order valence-corrected chi connectivity index (χ3v) is 3.29. The SMILES string of the molecule is C=CCO[C@@H]1CO[C@H]2[C@@H]1OC[C@@H]2OCC1CO1. The van der Waals surface area contributed by atoms with Gasteiger partial charge in [-0.3, -0.25) is 0 Å². The Morgan fingerprint density at radius 1 is 1.00 bits per heavy atom. The molecule has 0 N–H and O–H groups in total. The summed E-state index contributed by atoms with van der Waals surface area (Å²) < 4.78 is 27.9. The summed E-state index contributed by atoms with van der Waals surface area (Å²) in [5.41, 5.74) is 0. The second-order valence-corrected chi connectivity index (χ2v) is 4.58. The van der Waals surface area contributed by atoms with Crippen LogP contribution in [0, 0.1) is 0 Å². The molecule has 0 amide bonds. The van der Waals surface area contributed by atoms with Crippen LogP contribution in [-0.4, -0.2) is 63.6 Å². The van der Waals surface area contributed by atoms with Gasteiger partial charge in [0.05, 0.1) is 33.0 Å². The Morgan fingerprint density at radius 2 is 1.65 bits per heavy atom. The Bertz CT molecular complexity index is 278. The largest absolute Gasteiger partial charge is 0.371 e. The van der Waals surface area contributed by atoms with Gasteiger partial charge in [0.25, 0.3) is 0 Å². The molecule has 1 unspecified atom stereocenters. The molecular weight excluding hydrogens is 224 g/mol. The van der Waals surface area contributed by atoms with Crippen molar-refractivity contribution >= 4 is 0 Å². The summed E-state index contributed by atoms with van der Waals surface area (Å²) in [6.07, 6.45) is 2.04. The summed E-state index contributed by atoms with van der Waals surface area (Å²) in [5.74, 6) is 0. The molecule has 3 aliphatic heterocycles. The number of ether oxygens (including phenoxy) is 5. The molecule has 5 heteroatoms. The highest BCUT2D eigenvalue weighted by atomic mass is 16.7. The molecule has 5 nitrogen and oxygen atoms in total. The van der Waals surface area contributed by atoms with Crippen LogP contribution in [0.2, 0.25) is 0 Å². The highest BCUT2D eigenvalue weighted by Crippen LogP contribution is 2.30. The maximum absolute atomic E-state index is 5.74. The molecule has 0 aliphatic carbocycles. The van der Waals surface area contributed by atoms with Crippen molar-refractivity contribution in [2.24, 2.45) is 0 Å². The van der Waals surface area contributed by atoms with E-state index in [4.69, 9.17) is 23.7 Å². The minimum Gasteiger partial charge on any atom is -0.371 e. The molecule has 96 valence electrons. The second kappa shape index (κ2) is 5.04. The van der Waals surface area contributed by atoms with E-state index in [1.165, 1.54) is 0 Å². The summed E-state index contributed by atoms with van der Waals surface area (Å²) in [6.45, 7) is 6.77. The summed E-state index contributed by atoms with van der Waals surface area (Å²) in [7, 11) is 0. The number of hydrogen-bond donors (Lipinski definition) is 0. The zero-order chi connectivity index (χ0) is 11.7. The average Bonchev–Trinajstić information content (AvgIpc) is 2.95. The predicted octanol–water partition coefficient (Wildman–Crippen LogP) is 0.139. The van der Waals surface area contributed by atoms with Gasteiger partial charge in [-0.05, 0) is 0 Å². The lowest BCUT2D eigenvalue weighted by molar-refractivity contribution is -0.0484. The van der Waals surface area contributed by atoms with E-state index in [0.717, 1.165) is 6.61 Å². The summed E-state index contributed by atoms with van der Waals surface area (Å²) >= 11 is 0. The molecule has 0 radical (unpaired) electrons. The molecule has 3 heterocycles. The smallest absolute Gasteiger partial charge is 0.115 e. The van der Waals surface area contributed by atoms with Crippen molar-refractivity contribution in [3.05, 3.63) is 12.7 Å². The minimum atomic E-state index is 0.0000661. The van der Waals surface area contributed by atoms with Crippen LogP contribution in [-0.2, 0) is 23.7 Å². The minimum absolute atomic E-state index is 0.0000661. The van der Waals surface area contributed by atoms with E-state index in [0.29, 0.717) is 26.4 Å². The summed E-state index contributed by atoms with van der Waals surface area (Å²) in [5, 5.41) is 0. The molecule has 0 aromatic carbocycles. The fourth-order valence-electron chi connectivity index (χ4n) is 2.30. The zero-order valence-electron chi connectivity index (χ0n) is 9.75. The van der Waals surface area contributed by atoms with E-state index in [-0.39, 0.29) is 30.5 Å². The number of hydrogen-bond acceptors (Lipinski definition) is 5. The third-order valence-electron chi connectivity index (χ3n) is 3.29. The molecule has 0 aromatic rings. The summed E-state index contributed by atoms with van der Waals surface area (Å²) in [4.78, 5) is 0. The molecule has 3 fully saturated rings. The van der Waals surface area contributed by atoms with Crippen molar-refractivity contribution in [2.45, 2.75) is 30.5 Å². The second-order valence-electron chi connectivity index (χ2n) is 4.58. The van der Waals surface area contributed by atoms with Gasteiger partial charge < -0.3 is 23.7 Å². The van der Waals surface area contributed by atoms with Crippen molar-refractivity contribution in [3.63, 3.8) is 0 Å². The molecule has 3 rings (SSSR count). The van der Waals surface area contributed by atoms with Crippen molar-refractivity contribution in [1.29, 1.82) is 0 Å². The standard InChI is InChI=1S/C12H18O5/c1-2-3-13-9-6-16-12-10(7-17-11(9)12)15-5-8-4-14-8/h2,8-12H,1,3-7H2/t8?,9-,10+,11-,12-/m1/s1. The van der Waals surface area contributed by atoms with Gasteiger partial charge in [-0.15, -0.1) is 6.58 Å². The Morgan fingerprint density at radius 3 is 2.24 bits per heavy atom. The van der Waals surface area contributed by atoms with Crippen LogP contribution >= 0.6 is 0 Å². The Labute approximate surface area is 101 Å². The lowest BCUT2D eigenvalue weighted by Gasteiger charge is -2.16. The molecule has 0 aromatic heterocycles. The number of epoxide rings is 1. The van der Waals surface area contributed by atoms with E-state index in [9.17, 15) is 0 Å². The van der Waals surface area contributed by atoms with Crippen LogP contribution < -0.4 is 0 Å². The first kappa shape index (κ1) is 11.6. The Balaban J connectivity index is 1.49.